The predicted molar refractivity (Wildman–Crippen MR) is 103 cm³/mol. The third-order valence-corrected chi connectivity index (χ3v) is 4.56. The van der Waals surface area contributed by atoms with Gasteiger partial charge in [0.1, 0.15) is 12.3 Å². The van der Waals surface area contributed by atoms with Crippen LogP contribution in [0.1, 0.15) is 11.1 Å². The van der Waals surface area contributed by atoms with Crippen molar-refractivity contribution in [3.63, 3.8) is 0 Å². The zero-order chi connectivity index (χ0) is 20.4. The standard InChI is InChI=1S/C22H17F3N2O2/c1-28-20-13-16(18-3-2-4-21-26-11-12-27(18)21)7-10-19(20)29-14-15-5-8-17(9-6-15)22(23,24)25/h2-13H,14H2,1H3. The molecular formula is C22H17F3N2O2. The molecule has 4 nitrogen and oxygen atoms in total. The molecule has 0 N–H and O–H groups in total. The molecule has 29 heavy (non-hydrogen) atoms. The number of rotatable bonds is 5. The largest absolute Gasteiger partial charge is 0.493 e. The van der Waals surface area contributed by atoms with Crippen LogP contribution in [0.25, 0.3) is 16.9 Å². The Bertz CT molecular complexity index is 1130. The molecule has 0 spiro atoms. The van der Waals surface area contributed by atoms with Crippen molar-refractivity contribution in [2.24, 2.45) is 0 Å². The molecule has 0 unspecified atom stereocenters. The van der Waals surface area contributed by atoms with Gasteiger partial charge in [0.2, 0.25) is 0 Å². The van der Waals surface area contributed by atoms with Crippen molar-refractivity contribution in [3.8, 4) is 22.8 Å². The molecule has 0 amide bonds. The van der Waals surface area contributed by atoms with Gasteiger partial charge in [0, 0.05) is 18.0 Å². The average Bonchev–Trinajstić information content (AvgIpc) is 3.21. The van der Waals surface area contributed by atoms with Gasteiger partial charge in [-0.25, -0.2) is 4.98 Å². The lowest BCUT2D eigenvalue weighted by atomic mass is 10.1. The van der Waals surface area contributed by atoms with E-state index in [0.717, 1.165) is 29.0 Å². The Morgan fingerprint density at radius 1 is 0.966 bits per heavy atom. The number of hydrogen-bond donors (Lipinski definition) is 0. The lowest BCUT2D eigenvalue weighted by Crippen LogP contribution is -2.05. The molecule has 2 heterocycles. The molecule has 0 aliphatic rings. The SMILES string of the molecule is COc1cc(-c2cccc3nccn23)ccc1OCc1ccc(C(F)(F)F)cc1. The topological polar surface area (TPSA) is 35.8 Å². The van der Waals surface area contributed by atoms with Crippen molar-refractivity contribution < 1.29 is 22.6 Å². The van der Waals surface area contributed by atoms with Crippen LogP contribution in [0.5, 0.6) is 11.5 Å². The van der Waals surface area contributed by atoms with Crippen LogP contribution in [0.15, 0.2) is 73.1 Å². The van der Waals surface area contributed by atoms with Crippen molar-refractivity contribution in [1.29, 1.82) is 0 Å². The summed E-state index contributed by atoms with van der Waals surface area (Å²) < 4.78 is 51.2. The van der Waals surface area contributed by atoms with Crippen LogP contribution in [0.2, 0.25) is 0 Å². The maximum absolute atomic E-state index is 12.7. The number of imidazole rings is 1. The van der Waals surface area contributed by atoms with Crippen LogP contribution in [-0.2, 0) is 12.8 Å². The summed E-state index contributed by atoms with van der Waals surface area (Å²) in [6.07, 6.45) is -0.736. The van der Waals surface area contributed by atoms with Gasteiger partial charge in [-0.15, -0.1) is 0 Å². The van der Waals surface area contributed by atoms with E-state index in [9.17, 15) is 13.2 Å². The Balaban J connectivity index is 1.55. The summed E-state index contributed by atoms with van der Waals surface area (Å²) in [7, 11) is 1.54. The van der Waals surface area contributed by atoms with E-state index in [1.165, 1.54) is 12.1 Å². The van der Waals surface area contributed by atoms with E-state index >= 15 is 0 Å². The number of ether oxygens (including phenoxy) is 2. The lowest BCUT2D eigenvalue weighted by Gasteiger charge is -2.14. The number of fused-ring (bicyclic) bond motifs is 1. The van der Waals surface area contributed by atoms with Gasteiger partial charge in [0.05, 0.1) is 18.4 Å². The zero-order valence-corrected chi connectivity index (χ0v) is 15.5. The zero-order valence-electron chi connectivity index (χ0n) is 15.5. The number of aromatic nitrogens is 2. The fourth-order valence-corrected chi connectivity index (χ4v) is 3.08. The van der Waals surface area contributed by atoms with Gasteiger partial charge in [-0.3, -0.25) is 4.40 Å². The molecule has 0 fully saturated rings. The number of pyridine rings is 1. The molecular weight excluding hydrogens is 381 g/mol. The van der Waals surface area contributed by atoms with Crippen molar-refractivity contribution in [1.82, 2.24) is 9.38 Å². The summed E-state index contributed by atoms with van der Waals surface area (Å²) in [5.41, 5.74) is 2.66. The Morgan fingerprint density at radius 3 is 2.48 bits per heavy atom. The third kappa shape index (κ3) is 3.89. The summed E-state index contributed by atoms with van der Waals surface area (Å²) in [5, 5.41) is 0. The summed E-state index contributed by atoms with van der Waals surface area (Å²) in [4.78, 5) is 4.29. The van der Waals surface area contributed by atoms with E-state index in [1.807, 2.05) is 40.9 Å². The second-order valence-electron chi connectivity index (χ2n) is 6.42. The van der Waals surface area contributed by atoms with Gasteiger partial charge in [-0.05, 0) is 48.0 Å². The van der Waals surface area contributed by atoms with Crippen molar-refractivity contribution in [2.45, 2.75) is 12.8 Å². The van der Waals surface area contributed by atoms with E-state index in [4.69, 9.17) is 9.47 Å². The normalized spacial score (nSPS) is 11.6. The molecule has 2 aromatic heterocycles. The van der Waals surface area contributed by atoms with Gasteiger partial charge in [-0.2, -0.15) is 13.2 Å². The molecule has 0 saturated carbocycles. The number of nitrogens with zero attached hydrogens (tertiary/aromatic N) is 2. The molecule has 0 aliphatic carbocycles. The molecule has 0 saturated heterocycles. The third-order valence-electron chi connectivity index (χ3n) is 4.56. The summed E-state index contributed by atoms with van der Waals surface area (Å²) in [6, 6.07) is 16.3. The van der Waals surface area contributed by atoms with Crippen LogP contribution < -0.4 is 9.47 Å². The summed E-state index contributed by atoms with van der Waals surface area (Å²) in [5.74, 6) is 1.04. The van der Waals surface area contributed by atoms with Gasteiger partial charge in [0.25, 0.3) is 0 Å². The van der Waals surface area contributed by atoms with Crippen molar-refractivity contribution in [3.05, 3.63) is 84.2 Å². The average molecular weight is 398 g/mol. The molecule has 2 aromatic carbocycles. The van der Waals surface area contributed by atoms with Gasteiger partial charge in [0.15, 0.2) is 11.5 Å². The van der Waals surface area contributed by atoms with Gasteiger partial charge in [-0.1, -0.05) is 18.2 Å². The number of methoxy groups -OCH3 is 1. The second-order valence-corrected chi connectivity index (χ2v) is 6.42. The van der Waals surface area contributed by atoms with Crippen LogP contribution in [0.3, 0.4) is 0 Å². The number of halogens is 3. The Morgan fingerprint density at radius 2 is 1.76 bits per heavy atom. The number of alkyl halides is 3. The first-order valence-corrected chi connectivity index (χ1v) is 8.85. The minimum Gasteiger partial charge on any atom is -0.493 e. The van der Waals surface area contributed by atoms with Crippen LogP contribution >= 0.6 is 0 Å². The number of hydrogen-bond acceptors (Lipinski definition) is 3. The van der Waals surface area contributed by atoms with Crippen LogP contribution in [0.4, 0.5) is 13.2 Å². The van der Waals surface area contributed by atoms with Crippen molar-refractivity contribution >= 4 is 5.65 Å². The second kappa shape index (κ2) is 7.50. The first-order chi connectivity index (χ1) is 14.0. The fraction of sp³-hybridized carbons (Fsp3) is 0.136. The van der Waals surface area contributed by atoms with E-state index in [-0.39, 0.29) is 6.61 Å². The first kappa shape index (κ1) is 18.9. The Kier molecular flexibility index (Phi) is 4.88. The smallest absolute Gasteiger partial charge is 0.416 e. The van der Waals surface area contributed by atoms with E-state index in [2.05, 4.69) is 4.98 Å². The molecule has 4 rings (SSSR count). The highest BCUT2D eigenvalue weighted by Gasteiger charge is 2.29. The van der Waals surface area contributed by atoms with Crippen molar-refractivity contribution in [2.75, 3.05) is 7.11 Å². The van der Waals surface area contributed by atoms with Gasteiger partial charge >= 0.3 is 6.18 Å². The highest BCUT2D eigenvalue weighted by atomic mass is 19.4. The van der Waals surface area contributed by atoms with E-state index < -0.39 is 11.7 Å². The van der Waals surface area contributed by atoms with Crippen LogP contribution in [0, 0.1) is 0 Å². The molecule has 0 bridgehead atoms. The monoisotopic (exact) mass is 398 g/mol. The van der Waals surface area contributed by atoms with E-state index in [0.29, 0.717) is 17.1 Å². The minimum atomic E-state index is -4.35. The highest BCUT2D eigenvalue weighted by Crippen LogP contribution is 2.34. The highest BCUT2D eigenvalue weighted by molar-refractivity contribution is 5.67. The molecule has 4 aromatic rings. The molecule has 7 heteroatoms. The Hall–Kier alpha value is -3.48. The molecule has 148 valence electrons. The molecule has 0 atom stereocenters. The lowest BCUT2D eigenvalue weighted by molar-refractivity contribution is -0.137. The number of benzene rings is 2. The minimum absolute atomic E-state index is 0.130. The van der Waals surface area contributed by atoms with Gasteiger partial charge < -0.3 is 9.47 Å². The molecule has 0 radical (unpaired) electrons. The maximum atomic E-state index is 12.7. The summed E-state index contributed by atoms with van der Waals surface area (Å²) >= 11 is 0. The first-order valence-electron chi connectivity index (χ1n) is 8.85. The molecule has 0 aliphatic heterocycles. The quantitative estimate of drug-likeness (QED) is 0.439. The Labute approximate surface area is 165 Å². The van der Waals surface area contributed by atoms with E-state index in [1.54, 1.807) is 19.4 Å². The fourth-order valence-electron chi connectivity index (χ4n) is 3.08. The van der Waals surface area contributed by atoms with Crippen LogP contribution in [-0.4, -0.2) is 16.5 Å². The predicted octanol–water partition coefficient (Wildman–Crippen LogP) is 5.61. The summed E-state index contributed by atoms with van der Waals surface area (Å²) in [6.45, 7) is 0.130. The maximum Gasteiger partial charge on any atom is 0.416 e.